The highest BCUT2D eigenvalue weighted by atomic mass is 16.5. The molecular weight excluding hydrogens is 240 g/mol. The zero-order valence-electron chi connectivity index (χ0n) is 12.0. The summed E-state index contributed by atoms with van der Waals surface area (Å²) in [4.78, 5) is 2.25. The Morgan fingerprint density at radius 3 is 2.74 bits per heavy atom. The second kappa shape index (κ2) is 8.91. The first kappa shape index (κ1) is 16.0. The van der Waals surface area contributed by atoms with Gasteiger partial charge in [-0.1, -0.05) is 25.5 Å². The van der Waals surface area contributed by atoms with Crippen LogP contribution in [0.3, 0.4) is 0 Å². The summed E-state index contributed by atoms with van der Waals surface area (Å²) in [6.07, 6.45) is 2.25. The summed E-state index contributed by atoms with van der Waals surface area (Å²) >= 11 is 0. The van der Waals surface area contributed by atoms with Crippen LogP contribution in [0.25, 0.3) is 0 Å². The smallest absolute Gasteiger partial charge is 0.119 e. The maximum Gasteiger partial charge on any atom is 0.119 e. The van der Waals surface area contributed by atoms with E-state index in [4.69, 9.17) is 10.5 Å². The molecule has 0 aromatic heterocycles. The summed E-state index contributed by atoms with van der Waals surface area (Å²) in [6, 6.07) is 8.13. The Morgan fingerprint density at radius 1 is 1.37 bits per heavy atom. The van der Waals surface area contributed by atoms with Crippen LogP contribution in [0.4, 0.5) is 0 Å². The minimum atomic E-state index is 0.133. The molecule has 3 N–H and O–H groups in total. The van der Waals surface area contributed by atoms with Crippen LogP contribution >= 0.6 is 0 Å². The number of aliphatic hydroxyl groups excluding tert-OH is 1. The molecule has 0 spiro atoms. The lowest BCUT2D eigenvalue weighted by Gasteiger charge is -2.30. The fourth-order valence-electron chi connectivity index (χ4n) is 2.26. The van der Waals surface area contributed by atoms with Crippen molar-refractivity contribution in [3.8, 4) is 5.75 Å². The highest BCUT2D eigenvalue weighted by molar-refractivity contribution is 5.30. The van der Waals surface area contributed by atoms with E-state index >= 15 is 0 Å². The van der Waals surface area contributed by atoms with Crippen molar-refractivity contribution < 1.29 is 9.84 Å². The molecule has 0 aliphatic carbocycles. The number of benzene rings is 1. The number of unbranched alkanes of at least 4 members (excludes halogenated alkanes) is 1. The Morgan fingerprint density at radius 2 is 2.16 bits per heavy atom. The van der Waals surface area contributed by atoms with Gasteiger partial charge in [0, 0.05) is 19.1 Å². The van der Waals surface area contributed by atoms with Crippen LogP contribution in [-0.4, -0.2) is 43.4 Å². The molecule has 0 heterocycles. The lowest BCUT2D eigenvalue weighted by Crippen LogP contribution is -2.36. The molecule has 19 heavy (non-hydrogen) atoms. The molecule has 0 radical (unpaired) electrons. The first-order valence-electron chi connectivity index (χ1n) is 6.95. The minimum absolute atomic E-state index is 0.133. The SMILES string of the molecule is CCCCN(CCO)C(CN)c1cccc(OC)c1. The van der Waals surface area contributed by atoms with Crippen molar-refractivity contribution >= 4 is 0 Å². The van der Waals surface area contributed by atoms with E-state index in [0.29, 0.717) is 13.1 Å². The molecule has 1 atom stereocenters. The van der Waals surface area contributed by atoms with Gasteiger partial charge in [-0.05, 0) is 30.7 Å². The monoisotopic (exact) mass is 266 g/mol. The molecule has 1 unspecified atom stereocenters. The molecule has 4 nitrogen and oxygen atoms in total. The van der Waals surface area contributed by atoms with Gasteiger partial charge in [0.1, 0.15) is 5.75 Å². The fourth-order valence-corrected chi connectivity index (χ4v) is 2.26. The normalized spacial score (nSPS) is 12.7. The number of rotatable bonds is 9. The molecule has 1 aromatic carbocycles. The van der Waals surface area contributed by atoms with Crippen molar-refractivity contribution in [3.05, 3.63) is 29.8 Å². The molecule has 0 aliphatic heterocycles. The Balaban J connectivity index is 2.87. The maximum absolute atomic E-state index is 9.22. The van der Waals surface area contributed by atoms with Gasteiger partial charge in [0.15, 0.2) is 0 Å². The highest BCUT2D eigenvalue weighted by Gasteiger charge is 2.18. The minimum Gasteiger partial charge on any atom is -0.497 e. The molecule has 4 heteroatoms. The Labute approximate surface area is 116 Å². The van der Waals surface area contributed by atoms with Crippen LogP contribution in [0.1, 0.15) is 31.4 Å². The van der Waals surface area contributed by atoms with Gasteiger partial charge in [-0.2, -0.15) is 0 Å². The van der Waals surface area contributed by atoms with E-state index in [1.54, 1.807) is 7.11 Å². The predicted molar refractivity (Wildman–Crippen MR) is 78.4 cm³/mol. The van der Waals surface area contributed by atoms with E-state index in [0.717, 1.165) is 30.7 Å². The Bertz CT molecular complexity index is 358. The summed E-state index contributed by atoms with van der Waals surface area (Å²) < 4.78 is 5.26. The van der Waals surface area contributed by atoms with Gasteiger partial charge in [0.25, 0.3) is 0 Å². The van der Waals surface area contributed by atoms with Crippen LogP contribution in [0.2, 0.25) is 0 Å². The summed E-state index contributed by atoms with van der Waals surface area (Å²) in [5.41, 5.74) is 7.08. The summed E-state index contributed by atoms with van der Waals surface area (Å²) in [5, 5.41) is 9.22. The molecule has 0 fully saturated rings. The van der Waals surface area contributed by atoms with Gasteiger partial charge in [-0.25, -0.2) is 0 Å². The molecule has 0 aliphatic rings. The van der Waals surface area contributed by atoms with Crippen LogP contribution < -0.4 is 10.5 Å². The van der Waals surface area contributed by atoms with E-state index in [2.05, 4.69) is 17.9 Å². The summed E-state index contributed by atoms with van der Waals surface area (Å²) in [5.74, 6) is 0.843. The van der Waals surface area contributed by atoms with Crippen molar-refractivity contribution in [2.24, 2.45) is 5.73 Å². The van der Waals surface area contributed by atoms with E-state index in [1.807, 2.05) is 18.2 Å². The molecule has 1 aromatic rings. The van der Waals surface area contributed by atoms with E-state index < -0.39 is 0 Å². The maximum atomic E-state index is 9.22. The second-order valence-corrected chi connectivity index (χ2v) is 4.64. The van der Waals surface area contributed by atoms with Gasteiger partial charge in [0.05, 0.1) is 13.7 Å². The van der Waals surface area contributed by atoms with Crippen molar-refractivity contribution in [3.63, 3.8) is 0 Å². The third-order valence-corrected chi connectivity index (χ3v) is 3.33. The number of nitrogens with zero attached hydrogens (tertiary/aromatic N) is 1. The Hall–Kier alpha value is -1.10. The van der Waals surface area contributed by atoms with Gasteiger partial charge < -0.3 is 15.6 Å². The molecule has 0 saturated carbocycles. The first-order chi connectivity index (χ1) is 9.26. The van der Waals surface area contributed by atoms with Gasteiger partial charge in [0.2, 0.25) is 0 Å². The molecule has 0 saturated heterocycles. The van der Waals surface area contributed by atoms with E-state index in [1.165, 1.54) is 0 Å². The van der Waals surface area contributed by atoms with Crippen molar-refractivity contribution in [1.82, 2.24) is 4.90 Å². The van der Waals surface area contributed by atoms with Crippen LogP contribution in [0.15, 0.2) is 24.3 Å². The van der Waals surface area contributed by atoms with Gasteiger partial charge in [-0.15, -0.1) is 0 Å². The number of hydrogen-bond acceptors (Lipinski definition) is 4. The molecule has 1 rings (SSSR count). The second-order valence-electron chi connectivity index (χ2n) is 4.64. The number of ether oxygens (including phenoxy) is 1. The topological polar surface area (TPSA) is 58.7 Å². The van der Waals surface area contributed by atoms with Crippen LogP contribution in [-0.2, 0) is 0 Å². The lowest BCUT2D eigenvalue weighted by molar-refractivity contribution is 0.151. The molecular formula is C15H26N2O2. The summed E-state index contributed by atoms with van der Waals surface area (Å²) in [7, 11) is 1.67. The van der Waals surface area contributed by atoms with Gasteiger partial charge in [-0.3, -0.25) is 4.90 Å². The lowest BCUT2D eigenvalue weighted by atomic mass is 10.0. The van der Waals surface area contributed by atoms with Gasteiger partial charge >= 0.3 is 0 Å². The molecule has 0 bridgehead atoms. The first-order valence-corrected chi connectivity index (χ1v) is 6.95. The third kappa shape index (κ3) is 4.82. The van der Waals surface area contributed by atoms with Crippen LogP contribution in [0, 0.1) is 0 Å². The number of aliphatic hydroxyl groups is 1. The average Bonchev–Trinajstić information content (AvgIpc) is 2.45. The largest absolute Gasteiger partial charge is 0.497 e. The zero-order chi connectivity index (χ0) is 14.1. The molecule has 108 valence electrons. The molecule has 0 amide bonds. The number of methoxy groups -OCH3 is 1. The average molecular weight is 266 g/mol. The Kier molecular flexibility index (Phi) is 7.48. The number of nitrogens with two attached hydrogens (primary N) is 1. The standard InChI is InChI=1S/C15H26N2O2/c1-3-4-8-17(9-10-18)15(12-16)13-6-5-7-14(11-13)19-2/h5-7,11,15,18H,3-4,8-10,12,16H2,1-2H3. The van der Waals surface area contributed by atoms with Crippen LogP contribution in [0.5, 0.6) is 5.75 Å². The van der Waals surface area contributed by atoms with E-state index in [-0.39, 0.29) is 12.6 Å². The number of hydrogen-bond donors (Lipinski definition) is 2. The quantitative estimate of drug-likeness (QED) is 0.715. The fraction of sp³-hybridized carbons (Fsp3) is 0.600. The van der Waals surface area contributed by atoms with E-state index in [9.17, 15) is 5.11 Å². The van der Waals surface area contributed by atoms with Crippen molar-refractivity contribution in [1.29, 1.82) is 0 Å². The highest BCUT2D eigenvalue weighted by Crippen LogP contribution is 2.23. The van der Waals surface area contributed by atoms with Crippen molar-refractivity contribution in [2.45, 2.75) is 25.8 Å². The van der Waals surface area contributed by atoms with Crippen molar-refractivity contribution in [2.75, 3.05) is 33.4 Å². The zero-order valence-corrected chi connectivity index (χ0v) is 12.0. The third-order valence-electron chi connectivity index (χ3n) is 3.33. The summed E-state index contributed by atoms with van der Waals surface area (Å²) in [6.45, 7) is 4.47. The predicted octanol–water partition coefficient (Wildman–Crippen LogP) is 1.79.